The maximum absolute atomic E-state index is 2.31. The second-order valence-electron chi connectivity index (χ2n) is 4.66. The van der Waals surface area contributed by atoms with Crippen molar-refractivity contribution < 1.29 is 0 Å². The van der Waals surface area contributed by atoms with Gasteiger partial charge in [0.2, 0.25) is 0 Å². The lowest BCUT2D eigenvalue weighted by atomic mass is 9.82. The summed E-state index contributed by atoms with van der Waals surface area (Å²) in [6.07, 6.45) is 6.55. The van der Waals surface area contributed by atoms with Crippen molar-refractivity contribution in [3.8, 4) is 0 Å². The summed E-state index contributed by atoms with van der Waals surface area (Å²) in [5.41, 5.74) is 1.50. The molecule has 0 saturated carbocycles. The molecule has 1 aromatic rings. The molecule has 0 N–H and O–H groups in total. The highest BCUT2D eigenvalue weighted by atomic mass is 14.2. The summed E-state index contributed by atoms with van der Waals surface area (Å²) in [5.74, 6) is 2.31. The molecule has 1 radical (unpaired) electrons. The molecule has 0 saturated heterocycles. The van der Waals surface area contributed by atoms with E-state index < -0.39 is 0 Å². The Balaban J connectivity index is 2.64. The van der Waals surface area contributed by atoms with Crippen LogP contribution < -0.4 is 0 Å². The fraction of sp³-hybridized carbons (Fsp3) is 0.562. The lowest BCUT2D eigenvalue weighted by Gasteiger charge is -2.23. The van der Waals surface area contributed by atoms with Gasteiger partial charge in [-0.25, -0.2) is 0 Å². The van der Waals surface area contributed by atoms with E-state index >= 15 is 0 Å². The van der Waals surface area contributed by atoms with Crippen LogP contribution in [-0.4, -0.2) is 0 Å². The molecular weight excluding hydrogens is 192 g/mol. The van der Waals surface area contributed by atoms with Crippen molar-refractivity contribution in [1.82, 2.24) is 0 Å². The third kappa shape index (κ3) is 4.00. The fourth-order valence-electron chi connectivity index (χ4n) is 2.23. The molecular formula is C16H25. The maximum Gasteiger partial charge on any atom is -0.0103 e. The van der Waals surface area contributed by atoms with Crippen molar-refractivity contribution in [2.75, 3.05) is 0 Å². The van der Waals surface area contributed by atoms with E-state index in [1.807, 2.05) is 0 Å². The van der Waals surface area contributed by atoms with Crippen molar-refractivity contribution >= 4 is 0 Å². The highest BCUT2D eigenvalue weighted by Crippen LogP contribution is 2.33. The molecule has 0 aromatic heterocycles. The van der Waals surface area contributed by atoms with Gasteiger partial charge in [-0.05, 0) is 30.2 Å². The molecule has 0 aliphatic carbocycles. The van der Waals surface area contributed by atoms with E-state index in [2.05, 4.69) is 51.1 Å². The SMILES string of the molecule is CCCCCC([C](C)CC)c1ccccc1. The molecule has 16 heavy (non-hydrogen) atoms. The van der Waals surface area contributed by atoms with Crippen LogP contribution >= 0.6 is 0 Å². The van der Waals surface area contributed by atoms with Crippen LogP contribution in [0.3, 0.4) is 0 Å². The lowest BCUT2D eigenvalue weighted by molar-refractivity contribution is 0.558. The van der Waals surface area contributed by atoms with Gasteiger partial charge < -0.3 is 0 Å². The monoisotopic (exact) mass is 217 g/mol. The van der Waals surface area contributed by atoms with Gasteiger partial charge in [-0.3, -0.25) is 0 Å². The summed E-state index contributed by atoms with van der Waals surface area (Å²) in [6, 6.07) is 11.0. The minimum absolute atomic E-state index is 0.678. The highest BCUT2D eigenvalue weighted by Gasteiger charge is 2.17. The van der Waals surface area contributed by atoms with Crippen LogP contribution in [0, 0.1) is 5.92 Å². The summed E-state index contributed by atoms with van der Waals surface area (Å²) in [6.45, 7) is 6.85. The smallest absolute Gasteiger partial charge is 0.0103 e. The molecule has 0 aliphatic rings. The van der Waals surface area contributed by atoms with E-state index in [-0.39, 0.29) is 0 Å². The Bertz CT molecular complexity index is 263. The van der Waals surface area contributed by atoms with Gasteiger partial charge in [0, 0.05) is 0 Å². The van der Waals surface area contributed by atoms with Crippen molar-refractivity contribution in [3.05, 3.63) is 41.8 Å². The number of benzene rings is 1. The lowest BCUT2D eigenvalue weighted by Crippen LogP contribution is -2.07. The Kier molecular flexibility index (Phi) is 6.22. The molecule has 1 atom stereocenters. The molecule has 0 spiro atoms. The first-order chi connectivity index (χ1) is 7.79. The first-order valence-corrected chi connectivity index (χ1v) is 6.66. The van der Waals surface area contributed by atoms with Gasteiger partial charge in [0.25, 0.3) is 0 Å². The van der Waals surface area contributed by atoms with E-state index in [1.54, 1.807) is 5.92 Å². The Morgan fingerprint density at radius 1 is 1.06 bits per heavy atom. The van der Waals surface area contributed by atoms with Crippen LogP contribution in [-0.2, 0) is 0 Å². The zero-order chi connectivity index (χ0) is 11.8. The Hall–Kier alpha value is -0.780. The van der Waals surface area contributed by atoms with E-state index in [9.17, 15) is 0 Å². The third-order valence-corrected chi connectivity index (χ3v) is 3.45. The summed E-state index contributed by atoms with van der Waals surface area (Å²) in [4.78, 5) is 0. The summed E-state index contributed by atoms with van der Waals surface area (Å²) in [5, 5.41) is 0. The molecule has 0 nitrogen and oxygen atoms in total. The predicted molar refractivity (Wildman–Crippen MR) is 72.5 cm³/mol. The van der Waals surface area contributed by atoms with Gasteiger partial charge in [0.15, 0.2) is 0 Å². The molecule has 1 rings (SSSR count). The van der Waals surface area contributed by atoms with Crippen LogP contribution in [0.15, 0.2) is 30.3 Å². The van der Waals surface area contributed by atoms with Gasteiger partial charge >= 0.3 is 0 Å². The zero-order valence-corrected chi connectivity index (χ0v) is 11.0. The standard InChI is InChI=1S/C16H25/c1-4-6-8-13-16(14(3)5-2)15-11-9-7-10-12-15/h7,9-12,16H,4-6,8,13H2,1-3H3. The van der Waals surface area contributed by atoms with Crippen molar-refractivity contribution in [2.24, 2.45) is 0 Å². The fourth-order valence-corrected chi connectivity index (χ4v) is 2.23. The maximum atomic E-state index is 2.31. The minimum Gasteiger partial charge on any atom is -0.0654 e. The molecule has 0 fully saturated rings. The minimum atomic E-state index is 0.678. The zero-order valence-electron chi connectivity index (χ0n) is 11.0. The van der Waals surface area contributed by atoms with Crippen molar-refractivity contribution in [2.45, 2.75) is 58.8 Å². The summed E-state index contributed by atoms with van der Waals surface area (Å²) in [7, 11) is 0. The van der Waals surface area contributed by atoms with Gasteiger partial charge in [-0.2, -0.15) is 0 Å². The molecule has 89 valence electrons. The molecule has 0 bridgehead atoms. The largest absolute Gasteiger partial charge is 0.0654 e. The van der Waals surface area contributed by atoms with Crippen molar-refractivity contribution in [3.63, 3.8) is 0 Å². The molecule has 1 aromatic carbocycles. The predicted octanol–water partition coefficient (Wildman–Crippen LogP) is 5.35. The Morgan fingerprint density at radius 2 is 1.75 bits per heavy atom. The summed E-state index contributed by atoms with van der Waals surface area (Å²) >= 11 is 0. The van der Waals surface area contributed by atoms with E-state index in [4.69, 9.17) is 0 Å². The second-order valence-corrected chi connectivity index (χ2v) is 4.66. The van der Waals surface area contributed by atoms with Gasteiger partial charge in [0.05, 0.1) is 0 Å². The van der Waals surface area contributed by atoms with Crippen LogP contribution in [0.1, 0.15) is 64.4 Å². The quantitative estimate of drug-likeness (QED) is 0.540. The van der Waals surface area contributed by atoms with E-state index in [1.165, 1.54) is 37.7 Å². The average Bonchev–Trinajstić information content (AvgIpc) is 2.35. The first-order valence-electron chi connectivity index (χ1n) is 6.66. The van der Waals surface area contributed by atoms with Gasteiger partial charge in [-0.15, -0.1) is 0 Å². The van der Waals surface area contributed by atoms with E-state index in [0.29, 0.717) is 5.92 Å². The third-order valence-electron chi connectivity index (χ3n) is 3.45. The number of rotatable bonds is 7. The number of unbranched alkanes of at least 4 members (excludes halogenated alkanes) is 2. The molecule has 0 heterocycles. The van der Waals surface area contributed by atoms with Crippen LogP contribution in [0.2, 0.25) is 0 Å². The molecule has 0 amide bonds. The van der Waals surface area contributed by atoms with Crippen LogP contribution in [0.4, 0.5) is 0 Å². The first kappa shape index (κ1) is 13.3. The summed E-state index contributed by atoms with van der Waals surface area (Å²) < 4.78 is 0. The molecule has 0 heteroatoms. The molecule has 0 aliphatic heterocycles. The van der Waals surface area contributed by atoms with Gasteiger partial charge in [-0.1, -0.05) is 70.4 Å². The number of hydrogen-bond donors (Lipinski definition) is 0. The number of hydrogen-bond acceptors (Lipinski definition) is 0. The van der Waals surface area contributed by atoms with Gasteiger partial charge in [0.1, 0.15) is 0 Å². The van der Waals surface area contributed by atoms with Crippen LogP contribution in [0.5, 0.6) is 0 Å². The second kappa shape index (κ2) is 7.49. The highest BCUT2D eigenvalue weighted by molar-refractivity contribution is 5.24. The Morgan fingerprint density at radius 3 is 2.31 bits per heavy atom. The molecule has 1 unspecified atom stereocenters. The normalized spacial score (nSPS) is 13.0. The van der Waals surface area contributed by atoms with E-state index in [0.717, 1.165) is 0 Å². The van der Waals surface area contributed by atoms with Crippen molar-refractivity contribution in [1.29, 1.82) is 0 Å². The average molecular weight is 217 g/mol. The topological polar surface area (TPSA) is 0 Å². The Labute approximate surface area is 101 Å². The van der Waals surface area contributed by atoms with Crippen LogP contribution in [0.25, 0.3) is 0 Å².